The van der Waals surface area contributed by atoms with Gasteiger partial charge in [0.25, 0.3) is 0 Å². The van der Waals surface area contributed by atoms with Crippen LogP contribution >= 0.6 is 0 Å². The van der Waals surface area contributed by atoms with Crippen LogP contribution in [0, 0.1) is 0 Å². The molecule has 1 aromatic carbocycles. The molecule has 2 N–H and O–H groups in total. The van der Waals surface area contributed by atoms with Crippen LogP contribution in [0.5, 0.6) is 5.75 Å². The molecule has 0 atom stereocenters. The van der Waals surface area contributed by atoms with Gasteiger partial charge < -0.3 is 9.64 Å². The number of benzene rings is 1. The topological polar surface area (TPSA) is 47.7 Å². The number of hydrogen-bond acceptors (Lipinski definition) is 4. The molecule has 0 aromatic heterocycles. The highest BCUT2D eigenvalue weighted by Crippen LogP contribution is 2.25. The summed E-state index contributed by atoms with van der Waals surface area (Å²) in [6.07, 6.45) is 0. The van der Waals surface area contributed by atoms with Crippen LogP contribution in [0.15, 0.2) is 18.2 Å². The quantitative estimate of drug-likeness (QED) is 0.750. The Hall–Kier alpha value is -1.26. The average molecular weight is 224 g/mol. The minimum atomic E-state index is 0.363. The van der Waals surface area contributed by atoms with Crippen molar-refractivity contribution in [2.75, 3.05) is 25.1 Å². The Bertz CT molecular complexity index is 325. The molecule has 90 valence electrons. The summed E-state index contributed by atoms with van der Waals surface area (Å²) in [6.45, 7) is 6.58. The van der Waals surface area contributed by atoms with Gasteiger partial charge in [0.2, 0.25) is 0 Å². The maximum Gasteiger partial charge on any atom is 0.126 e. The third-order valence-corrected chi connectivity index (χ3v) is 2.64. The van der Waals surface area contributed by atoms with E-state index >= 15 is 0 Å². The van der Waals surface area contributed by atoms with Crippen molar-refractivity contribution >= 4 is 5.69 Å². The zero-order valence-electron chi connectivity index (χ0n) is 10.2. The molecule has 0 fully saturated rings. The fourth-order valence-corrected chi connectivity index (χ4v) is 1.73. The summed E-state index contributed by atoms with van der Waals surface area (Å²) >= 11 is 0. The molecule has 4 heteroatoms. The van der Waals surface area contributed by atoms with Gasteiger partial charge in [-0.25, -0.2) is 5.90 Å². The molecule has 0 radical (unpaired) electrons. The van der Waals surface area contributed by atoms with E-state index in [4.69, 9.17) is 10.6 Å². The first kappa shape index (κ1) is 12.8. The second-order valence-corrected chi connectivity index (χ2v) is 3.48. The SMILES string of the molecule is CCN(CC)c1ccc(CON)c(OC)c1. The zero-order valence-corrected chi connectivity index (χ0v) is 10.2. The molecule has 0 heterocycles. The normalized spacial score (nSPS) is 10.2. The van der Waals surface area contributed by atoms with E-state index in [2.05, 4.69) is 29.7 Å². The van der Waals surface area contributed by atoms with Gasteiger partial charge in [-0.1, -0.05) is 6.07 Å². The Labute approximate surface area is 96.9 Å². The highest BCUT2D eigenvalue weighted by atomic mass is 16.6. The van der Waals surface area contributed by atoms with Gasteiger partial charge in [0.15, 0.2) is 0 Å². The van der Waals surface area contributed by atoms with Gasteiger partial charge in [-0.05, 0) is 19.9 Å². The average Bonchev–Trinajstić information content (AvgIpc) is 2.32. The largest absolute Gasteiger partial charge is 0.496 e. The van der Waals surface area contributed by atoms with E-state index in [1.807, 2.05) is 12.1 Å². The van der Waals surface area contributed by atoms with E-state index in [9.17, 15) is 0 Å². The Morgan fingerprint density at radius 2 is 1.94 bits per heavy atom. The molecule has 16 heavy (non-hydrogen) atoms. The highest BCUT2D eigenvalue weighted by molar-refractivity contribution is 5.53. The van der Waals surface area contributed by atoms with Crippen LogP contribution in [0.2, 0.25) is 0 Å². The molecule has 0 aliphatic heterocycles. The third-order valence-electron chi connectivity index (χ3n) is 2.64. The van der Waals surface area contributed by atoms with Crippen LogP contribution in [0.3, 0.4) is 0 Å². The van der Waals surface area contributed by atoms with E-state index in [1.54, 1.807) is 7.11 Å². The van der Waals surface area contributed by atoms with E-state index in [0.717, 1.165) is 30.1 Å². The Balaban J connectivity index is 2.98. The number of methoxy groups -OCH3 is 1. The van der Waals surface area contributed by atoms with Gasteiger partial charge in [-0.3, -0.25) is 4.84 Å². The third kappa shape index (κ3) is 2.87. The predicted octanol–water partition coefficient (Wildman–Crippen LogP) is 1.93. The molecule has 0 spiro atoms. The van der Waals surface area contributed by atoms with E-state index < -0.39 is 0 Å². The summed E-state index contributed by atoms with van der Waals surface area (Å²) in [4.78, 5) is 6.89. The first-order valence-electron chi connectivity index (χ1n) is 5.50. The lowest BCUT2D eigenvalue weighted by Gasteiger charge is -2.22. The maximum absolute atomic E-state index is 5.32. The highest BCUT2D eigenvalue weighted by Gasteiger charge is 2.07. The smallest absolute Gasteiger partial charge is 0.126 e. The molecular weight excluding hydrogens is 204 g/mol. The Morgan fingerprint density at radius 3 is 2.44 bits per heavy atom. The van der Waals surface area contributed by atoms with Gasteiger partial charge in [-0.2, -0.15) is 0 Å². The van der Waals surface area contributed by atoms with Crippen molar-refractivity contribution in [3.05, 3.63) is 23.8 Å². The van der Waals surface area contributed by atoms with Crippen molar-refractivity contribution < 1.29 is 9.57 Å². The minimum absolute atomic E-state index is 0.363. The van der Waals surface area contributed by atoms with Crippen molar-refractivity contribution in [3.63, 3.8) is 0 Å². The van der Waals surface area contributed by atoms with Crippen LogP contribution in [-0.2, 0) is 11.4 Å². The second kappa shape index (κ2) is 6.35. The molecule has 0 saturated carbocycles. The fraction of sp³-hybridized carbons (Fsp3) is 0.500. The van der Waals surface area contributed by atoms with Crippen LogP contribution in [-0.4, -0.2) is 20.2 Å². The lowest BCUT2D eigenvalue weighted by Crippen LogP contribution is -2.21. The van der Waals surface area contributed by atoms with Crippen molar-refractivity contribution in [1.82, 2.24) is 0 Å². The summed E-state index contributed by atoms with van der Waals surface area (Å²) in [5.41, 5.74) is 2.11. The molecule has 4 nitrogen and oxygen atoms in total. The summed E-state index contributed by atoms with van der Waals surface area (Å²) in [5, 5.41) is 0. The second-order valence-electron chi connectivity index (χ2n) is 3.48. The lowest BCUT2D eigenvalue weighted by atomic mass is 10.1. The molecule has 1 aromatic rings. The summed E-state index contributed by atoms with van der Waals surface area (Å²) < 4.78 is 5.32. The molecule has 1 rings (SSSR count). The van der Waals surface area contributed by atoms with Crippen LogP contribution < -0.4 is 15.5 Å². The minimum Gasteiger partial charge on any atom is -0.496 e. The number of nitrogens with zero attached hydrogens (tertiary/aromatic N) is 1. The van der Waals surface area contributed by atoms with Crippen molar-refractivity contribution in [3.8, 4) is 5.75 Å². The number of anilines is 1. The summed E-state index contributed by atoms with van der Waals surface area (Å²) in [6, 6.07) is 6.06. The van der Waals surface area contributed by atoms with Crippen LogP contribution in [0.4, 0.5) is 5.69 Å². The van der Waals surface area contributed by atoms with E-state index in [0.29, 0.717) is 6.61 Å². The standard InChI is InChI=1S/C12H20N2O2/c1-4-14(5-2)11-7-6-10(9-16-13)12(8-11)15-3/h6-8H,4-5,9,13H2,1-3H3. The fourth-order valence-electron chi connectivity index (χ4n) is 1.73. The van der Waals surface area contributed by atoms with Gasteiger partial charge in [0.1, 0.15) is 5.75 Å². The molecule has 0 aliphatic rings. The summed E-state index contributed by atoms with van der Waals surface area (Å²) in [5.74, 6) is 5.88. The van der Waals surface area contributed by atoms with Crippen molar-refractivity contribution in [2.24, 2.45) is 5.90 Å². The predicted molar refractivity (Wildman–Crippen MR) is 65.5 cm³/mol. The van der Waals surface area contributed by atoms with Gasteiger partial charge >= 0.3 is 0 Å². The first-order chi connectivity index (χ1) is 7.76. The summed E-state index contributed by atoms with van der Waals surface area (Å²) in [7, 11) is 1.65. The van der Waals surface area contributed by atoms with E-state index in [1.165, 1.54) is 0 Å². The number of nitrogens with two attached hydrogens (primary N) is 1. The lowest BCUT2D eigenvalue weighted by molar-refractivity contribution is 0.122. The van der Waals surface area contributed by atoms with Crippen LogP contribution in [0.25, 0.3) is 0 Å². The van der Waals surface area contributed by atoms with Crippen LogP contribution in [0.1, 0.15) is 19.4 Å². The first-order valence-corrected chi connectivity index (χ1v) is 5.50. The monoisotopic (exact) mass is 224 g/mol. The maximum atomic E-state index is 5.32. The number of ether oxygens (including phenoxy) is 1. The van der Waals surface area contributed by atoms with Gasteiger partial charge in [0, 0.05) is 30.4 Å². The zero-order chi connectivity index (χ0) is 12.0. The Morgan fingerprint density at radius 1 is 1.25 bits per heavy atom. The Kier molecular flexibility index (Phi) is 5.08. The van der Waals surface area contributed by atoms with Crippen molar-refractivity contribution in [2.45, 2.75) is 20.5 Å². The number of rotatable bonds is 6. The molecule has 0 amide bonds. The molecule has 0 saturated heterocycles. The van der Waals surface area contributed by atoms with Crippen molar-refractivity contribution in [1.29, 1.82) is 0 Å². The molecular formula is C12H20N2O2. The van der Waals surface area contributed by atoms with E-state index in [-0.39, 0.29) is 0 Å². The van der Waals surface area contributed by atoms with Gasteiger partial charge in [-0.15, -0.1) is 0 Å². The molecule has 0 aliphatic carbocycles. The number of hydrogen-bond donors (Lipinski definition) is 1. The van der Waals surface area contributed by atoms with Gasteiger partial charge in [0.05, 0.1) is 13.7 Å². The molecule has 0 bridgehead atoms. The molecule has 0 unspecified atom stereocenters.